The molecule has 8 heteroatoms. The van der Waals surface area contributed by atoms with E-state index in [2.05, 4.69) is 20.9 Å². The molecule has 25 heavy (non-hydrogen) atoms. The van der Waals surface area contributed by atoms with Gasteiger partial charge in [0, 0.05) is 19.0 Å². The van der Waals surface area contributed by atoms with Crippen molar-refractivity contribution in [2.45, 2.75) is 33.6 Å². The van der Waals surface area contributed by atoms with Gasteiger partial charge in [0.25, 0.3) is 0 Å². The summed E-state index contributed by atoms with van der Waals surface area (Å²) in [5, 5.41) is 8.44. The van der Waals surface area contributed by atoms with Gasteiger partial charge in [-0.15, -0.1) is 0 Å². The Morgan fingerprint density at radius 1 is 1.16 bits per heavy atom. The number of aromatic nitrogens is 1. The van der Waals surface area contributed by atoms with E-state index in [1.54, 1.807) is 18.2 Å². The average molecular weight is 362 g/mol. The summed E-state index contributed by atoms with van der Waals surface area (Å²) in [6.07, 6.45) is 1.21. The number of benzene rings is 1. The van der Waals surface area contributed by atoms with Crippen molar-refractivity contribution in [3.63, 3.8) is 0 Å². The van der Waals surface area contributed by atoms with Gasteiger partial charge in [-0.25, -0.2) is 4.98 Å². The average Bonchev–Trinajstić information content (AvgIpc) is 2.91. The first-order valence-electron chi connectivity index (χ1n) is 8.08. The molecule has 1 heterocycles. The fourth-order valence-corrected chi connectivity index (χ4v) is 3.03. The fraction of sp³-hybridized carbons (Fsp3) is 0.412. The maximum Gasteiger partial charge on any atom is 0.245 e. The molecular weight excluding hydrogens is 340 g/mol. The molecule has 0 bridgehead atoms. The number of nitrogens with zero attached hydrogens (tertiary/aromatic N) is 1. The van der Waals surface area contributed by atoms with E-state index in [-0.39, 0.29) is 24.3 Å². The molecule has 0 aliphatic heterocycles. The molecule has 0 saturated heterocycles. The van der Waals surface area contributed by atoms with Crippen molar-refractivity contribution in [2.24, 2.45) is 5.92 Å². The van der Waals surface area contributed by atoms with Crippen LogP contribution in [-0.2, 0) is 14.4 Å². The molecule has 0 unspecified atom stereocenters. The van der Waals surface area contributed by atoms with Gasteiger partial charge in [0.15, 0.2) is 5.13 Å². The fourth-order valence-electron chi connectivity index (χ4n) is 2.11. The Hall–Kier alpha value is -2.48. The normalized spacial score (nSPS) is 10.7. The predicted octanol–water partition coefficient (Wildman–Crippen LogP) is 2.75. The third kappa shape index (κ3) is 6.15. The molecule has 0 atom stereocenters. The number of thiazole rings is 1. The molecule has 0 spiro atoms. The number of rotatable bonds is 7. The molecule has 2 aromatic rings. The second-order valence-corrected chi connectivity index (χ2v) is 7.17. The van der Waals surface area contributed by atoms with Gasteiger partial charge in [-0.2, -0.15) is 0 Å². The van der Waals surface area contributed by atoms with Crippen LogP contribution in [0, 0.1) is 5.92 Å². The maximum absolute atomic E-state index is 11.9. The van der Waals surface area contributed by atoms with Crippen molar-refractivity contribution in [2.75, 3.05) is 17.2 Å². The highest BCUT2D eigenvalue weighted by atomic mass is 32.1. The van der Waals surface area contributed by atoms with Crippen LogP contribution >= 0.6 is 11.3 Å². The van der Waals surface area contributed by atoms with E-state index < -0.39 is 0 Å². The highest BCUT2D eigenvalue weighted by Gasteiger charge is 2.10. The van der Waals surface area contributed by atoms with Crippen LogP contribution in [0.5, 0.6) is 0 Å². The topological polar surface area (TPSA) is 100 Å². The molecule has 2 rings (SSSR count). The molecule has 134 valence electrons. The number of amides is 3. The van der Waals surface area contributed by atoms with Gasteiger partial charge < -0.3 is 16.0 Å². The number of hydrogen-bond donors (Lipinski definition) is 3. The van der Waals surface area contributed by atoms with E-state index in [1.165, 1.54) is 18.3 Å². The van der Waals surface area contributed by atoms with Crippen LogP contribution in [0.4, 0.5) is 10.8 Å². The van der Waals surface area contributed by atoms with E-state index in [9.17, 15) is 14.4 Å². The summed E-state index contributed by atoms with van der Waals surface area (Å²) in [4.78, 5) is 39.0. The summed E-state index contributed by atoms with van der Waals surface area (Å²) in [5.74, 6) is -0.151. The minimum absolute atomic E-state index is 0.0794. The highest BCUT2D eigenvalue weighted by molar-refractivity contribution is 7.22. The number of fused-ring (bicyclic) bond motifs is 1. The Morgan fingerprint density at radius 2 is 1.92 bits per heavy atom. The second kappa shape index (κ2) is 8.57. The first-order chi connectivity index (χ1) is 11.8. The number of nitrogens with one attached hydrogen (secondary N) is 3. The molecule has 0 saturated carbocycles. The summed E-state index contributed by atoms with van der Waals surface area (Å²) < 4.78 is 0.850. The van der Waals surface area contributed by atoms with Crippen LogP contribution in [-0.4, -0.2) is 29.3 Å². The van der Waals surface area contributed by atoms with Crippen molar-refractivity contribution in [1.29, 1.82) is 0 Å². The number of carbonyl (C=O) groups excluding carboxylic acids is 3. The van der Waals surface area contributed by atoms with Gasteiger partial charge in [0.2, 0.25) is 17.7 Å². The van der Waals surface area contributed by atoms with Gasteiger partial charge in [-0.05, 0) is 30.5 Å². The van der Waals surface area contributed by atoms with Crippen LogP contribution in [0.1, 0.15) is 33.6 Å². The van der Waals surface area contributed by atoms with Gasteiger partial charge >= 0.3 is 0 Å². The third-order valence-electron chi connectivity index (χ3n) is 3.35. The Bertz CT molecular complexity index is 785. The summed E-state index contributed by atoms with van der Waals surface area (Å²) in [7, 11) is 0. The van der Waals surface area contributed by atoms with Crippen molar-refractivity contribution in [1.82, 2.24) is 10.3 Å². The summed E-state index contributed by atoms with van der Waals surface area (Å²) in [6.45, 7) is 5.46. The molecule has 0 radical (unpaired) electrons. The molecule has 7 nitrogen and oxygen atoms in total. The van der Waals surface area contributed by atoms with E-state index in [0.717, 1.165) is 16.6 Å². The minimum Gasteiger partial charge on any atom is -0.347 e. The van der Waals surface area contributed by atoms with Crippen LogP contribution < -0.4 is 16.0 Å². The Morgan fingerprint density at radius 3 is 2.60 bits per heavy atom. The van der Waals surface area contributed by atoms with Gasteiger partial charge in [-0.1, -0.05) is 25.2 Å². The number of hydrogen-bond acceptors (Lipinski definition) is 5. The third-order valence-corrected chi connectivity index (χ3v) is 4.28. The minimum atomic E-state index is -0.320. The number of carbonyl (C=O) groups is 3. The van der Waals surface area contributed by atoms with Gasteiger partial charge in [0.1, 0.15) is 0 Å². The molecule has 3 N–H and O–H groups in total. The molecule has 3 amide bonds. The van der Waals surface area contributed by atoms with Crippen LogP contribution in [0.2, 0.25) is 0 Å². The largest absolute Gasteiger partial charge is 0.347 e. The quantitative estimate of drug-likeness (QED) is 0.705. The molecule has 0 aliphatic carbocycles. The standard InChI is InChI=1S/C17H22N4O3S/c1-10(2)4-7-15(23)18-9-16(24)21-17-20-13-6-5-12(19-11(3)22)8-14(13)25-17/h5-6,8,10H,4,7,9H2,1-3H3,(H,18,23)(H,19,22)(H,20,21,24). The maximum atomic E-state index is 11.9. The summed E-state index contributed by atoms with van der Waals surface area (Å²) in [5.41, 5.74) is 1.41. The first-order valence-corrected chi connectivity index (χ1v) is 8.90. The molecule has 0 fully saturated rings. The van der Waals surface area contributed by atoms with Crippen LogP contribution in [0.25, 0.3) is 10.2 Å². The predicted molar refractivity (Wildman–Crippen MR) is 99.6 cm³/mol. The lowest BCUT2D eigenvalue weighted by molar-refractivity contribution is -0.124. The Balaban J connectivity index is 1.90. The first kappa shape index (κ1) is 18.9. The smallest absolute Gasteiger partial charge is 0.245 e. The molecule has 1 aromatic heterocycles. The number of anilines is 2. The van der Waals surface area contributed by atoms with E-state index in [1.807, 2.05) is 13.8 Å². The Kier molecular flexibility index (Phi) is 6.46. The van der Waals surface area contributed by atoms with E-state index in [0.29, 0.717) is 23.2 Å². The van der Waals surface area contributed by atoms with Crippen molar-refractivity contribution in [3.8, 4) is 0 Å². The van der Waals surface area contributed by atoms with Gasteiger partial charge in [0.05, 0.1) is 16.8 Å². The lowest BCUT2D eigenvalue weighted by Gasteiger charge is -2.06. The lowest BCUT2D eigenvalue weighted by atomic mass is 10.1. The molecule has 1 aromatic carbocycles. The summed E-state index contributed by atoms with van der Waals surface area (Å²) in [6, 6.07) is 5.34. The highest BCUT2D eigenvalue weighted by Crippen LogP contribution is 2.28. The van der Waals surface area contributed by atoms with E-state index in [4.69, 9.17) is 0 Å². The van der Waals surface area contributed by atoms with Crippen LogP contribution in [0.15, 0.2) is 18.2 Å². The van der Waals surface area contributed by atoms with Crippen molar-refractivity contribution < 1.29 is 14.4 Å². The lowest BCUT2D eigenvalue weighted by Crippen LogP contribution is -2.32. The summed E-state index contributed by atoms with van der Waals surface area (Å²) >= 11 is 1.31. The molecular formula is C17H22N4O3S. The zero-order chi connectivity index (χ0) is 18.4. The van der Waals surface area contributed by atoms with E-state index >= 15 is 0 Å². The van der Waals surface area contributed by atoms with Crippen molar-refractivity contribution in [3.05, 3.63) is 18.2 Å². The van der Waals surface area contributed by atoms with Crippen molar-refractivity contribution >= 4 is 50.1 Å². The SMILES string of the molecule is CC(=O)Nc1ccc2nc(NC(=O)CNC(=O)CCC(C)C)sc2c1. The second-order valence-electron chi connectivity index (χ2n) is 6.14. The van der Waals surface area contributed by atoms with Crippen LogP contribution in [0.3, 0.4) is 0 Å². The molecule has 0 aliphatic rings. The Labute approximate surface area is 150 Å². The zero-order valence-electron chi connectivity index (χ0n) is 14.5. The monoisotopic (exact) mass is 362 g/mol. The van der Waals surface area contributed by atoms with Gasteiger partial charge in [-0.3, -0.25) is 14.4 Å². The zero-order valence-corrected chi connectivity index (χ0v) is 15.3.